The summed E-state index contributed by atoms with van der Waals surface area (Å²) < 4.78 is 18.8. The Hall–Kier alpha value is -4.99. The number of aryl methyl sites for hydroxylation is 1. The maximum Gasteiger partial charge on any atom is 0.326 e. The van der Waals surface area contributed by atoms with E-state index < -0.39 is 18.1 Å². The van der Waals surface area contributed by atoms with Crippen molar-refractivity contribution in [3.8, 4) is 34.4 Å². The normalized spacial score (nSPS) is 15.5. The van der Waals surface area contributed by atoms with E-state index in [0.29, 0.717) is 41.4 Å². The first-order chi connectivity index (χ1) is 25.0. The molecule has 0 amide bonds. The van der Waals surface area contributed by atoms with Gasteiger partial charge in [-0.3, -0.25) is 15.1 Å². The lowest BCUT2D eigenvalue weighted by Gasteiger charge is -2.25. The maximum absolute atomic E-state index is 11.8. The fraction of sp³-hybridized carbons (Fsp3) is 0.390. The molecule has 4 aromatic rings. The molecule has 1 aliphatic heterocycles. The van der Waals surface area contributed by atoms with Crippen molar-refractivity contribution in [3.05, 3.63) is 106 Å². The van der Waals surface area contributed by atoms with E-state index in [4.69, 9.17) is 14.2 Å². The predicted molar refractivity (Wildman–Crippen MR) is 197 cm³/mol. The number of hydrogen-bond acceptors (Lipinski definition) is 10. The second-order valence-electron chi connectivity index (χ2n) is 13.6. The van der Waals surface area contributed by atoms with Gasteiger partial charge in [0.25, 0.3) is 0 Å². The molecule has 1 aromatic heterocycles. The summed E-state index contributed by atoms with van der Waals surface area (Å²) in [5.41, 5.74) is 6.45. The average molecular weight is 709 g/mol. The molecule has 11 nitrogen and oxygen atoms in total. The molecule has 0 bridgehead atoms. The zero-order valence-corrected chi connectivity index (χ0v) is 30.3. The number of carboxylic acids is 1. The van der Waals surface area contributed by atoms with Crippen LogP contribution < -0.4 is 19.5 Å². The summed E-state index contributed by atoms with van der Waals surface area (Å²) in [5.74, 6) is 0.738. The number of aliphatic hydroxyl groups is 2. The largest absolute Gasteiger partial charge is 0.493 e. The third kappa shape index (κ3) is 9.46. The Labute approximate surface area is 305 Å². The molecule has 5 rings (SSSR count). The Balaban J connectivity index is 1.32. The number of benzene rings is 3. The number of rotatable bonds is 17. The van der Waals surface area contributed by atoms with Crippen molar-refractivity contribution >= 4 is 5.97 Å². The van der Waals surface area contributed by atoms with Crippen molar-refractivity contribution in [2.24, 2.45) is 0 Å². The second kappa shape index (κ2) is 17.5. The fourth-order valence-electron chi connectivity index (χ4n) is 6.30. The summed E-state index contributed by atoms with van der Waals surface area (Å²) in [6, 6.07) is 19.7. The zero-order chi connectivity index (χ0) is 37.3. The third-order valence-corrected chi connectivity index (χ3v) is 9.71. The van der Waals surface area contributed by atoms with Crippen LogP contribution in [0.25, 0.3) is 11.1 Å². The van der Waals surface area contributed by atoms with Crippen LogP contribution in [0.2, 0.25) is 0 Å². The minimum Gasteiger partial charge on any atom is -0.493 e. The second-order valence-corrected chi connectivity index (χ2v) is 13.6. The lowest BCUT2D eigenvalue weighted by Crippen LogP contribution is -2.52. The summed E-state index contributed by atoms with van der Waals surface area (Å²) in [5, 5.41) is 41.5. The SMILES string of the molecule is Cc1cc(OCc2cccc(-c3cccc(OCCCN4CC[C@@H](O)C4)c3C)c2C)cc(OCc2cncc(C#N)c2)c1CN[C@@](C)(CO)C(=O)O. The number of likely N-dealkylation sites (tertiary alicyclic amines) is 1. The number of hydrogen-bond donors (Lipinski definition) is 4. The van der Waals surface area contributed by atoms with Crippen molar-refractivity contribution in [1.82, 2.24) is 15.2 Å². The van der Waals surface area contributed by atoms with Crippen LogP contribution >= 0.6 is 0 Å². The monoisotopic (exact) mass is 708 g/mol. The Morgan fingerprint density at radius 2 is 1.79 bits per heavy atom. The number of carbonyl (C=O) groups is 1. The molecular formula is C41H48N4O7. The average Bonchev–Trinajstić information content (AvgIpc) is 3.56. The Morgan fingerprint density at radius 3 is 2.50 bits per heavy atom. The van der Waals surface area contributed by atoms with Crippen molar-refractivity contribution in [2.75, 3.05) is 32.8 Å². The van der Waals surface area contributed by atoms with Gasteiger partial charge in [-0.15, -0.1) is 0 Å². The molecule has 52 heavy (non-hydrogen) atoms. The van der Waals surface area contributed by atoms with Crippen LogP contribution in [-0.2, 0) is 24.6 Å². The fourth-order valence-corrected chi connectivity index (χ4v) is 6.30. The van der Waals surface area contributed by atoms with E-state index >= 15 is 0 Å². The zero-order valence-electron chi connectivity index (χ0n) is 30.3. The topological polar surface area (TPSA) is 157 Å². The van der Waals surface area contributed by atoms with E-state index in [-0.39, 0.29) is 19.3 Å². The van der Waals surface area contributed by atoms with E-state index in [1.807, 2.05) is 37.3 Å². The van der Waals surface area contributed by atoms with Gasteiger partial charge in [0.1, 0.15) is 42.1 Å². The summed E-state index contributed by atoms with van der Waals surface area (Å²) in [7, 11) is 0. The summed E-state index contributed by atoms with van der Waals surface area (Å²) in [6.07, 6.45) is 4.62. The van der Waals surface area contributed by atoms with Gasteiger partial charge in [-0.1, -0.05) is 30.3 Å². The third-order valence-electron chi connectivity index (χ3n) is 9.71. The minimum atomic E-state index is -1.55. The van der Waals surface area contributed by atoms with Crippen LogP contribution in [-0.4, -0.2) is 75.7 Å². The highest BCUT2D eigenvalue weighted by atomic mass is 16.5. The number of aromatic nitrogens is 1. The highest BCUT2D eigenvalue weighted by Crippen LogP contribution is 2.35. The molecule has 0 saturated carbocycles. The van der Waals surface area contributed by atoms with Crippen LogP contribution in [0.1, 0.15) is 58.7 Å². The first-order valence-electron chi connectivity index (χ1n) is 17.6. The number of pyridine rings is 1. The van der Waals surface area contributed by atoms with Gasteiger partial charge in [-0.2, -0.15) is 5.26 Å². The van der Waals surface area contributed by atoms with Gasteiger partial charge >= 0.3 is 5.97 Å². The highest BCUT2D eigenvalue weighted by Gasteiger charge is 2.32. The number of aliphatic hydroxyl groups excluding tert-OH is 2. The molecule has 0 unspecified atom stereocenters. The van der Waals surface area contributed by atoms with E-state index in [2.05, 4.69) is 47.3 Å². The maximum atomic E-state index is 11.8. The van der Waals surface area contributed by atoms with E-state index in [1.54, 1.807) is 18.3 Å². The summed E-state index contributed by atoms with van der Waals surface area (Å²) in [6.45, 7) is 10.6. The van der Waals surface area contributed by atoms with E-state index in [9.17, 15) is 25.4 Å². The molecule has 274 valence electrons. The number of ether oxygens (including phenoxy) is 3. The van der Waals surface area contributed by atoms with Crippen LogP contribution in [0.3, 0.4) is 0 Å². The summed E-state index contributed by atoms with van der Waals surface area (Å²) in [4.78, 5) is 18.2. The van der Waals surface area contributed by atoms with Crippen molar-refractivity contribution in [1.29, 1.82) is 5.26 Å². The molecule has 1 aliphatic rings. The van der Waals surface area contributed by atoms with Gasteiger partial charge < -0.3 is 34.4 Å². The van der Waals surface area contributed by atoms with Crippen molar-refractivity contribution in [2.45, 2.75) is 71.9 Å². The molecule has 0 radical (unpaired) electrons. The molecule has 2 heterocycles. The molecule has 4 N–H and O–H groups in total. The van der Waals surface area contributed by atoms with Gasteiger partial charge in [0.15, 0.2) is 0 Å². The molecule has 1 saturated heterocycles. The lowest BCUT2D eigenvalue weighted by atomic mass is 9.93. The first kappa shape index (κ1) is 38.2. The van der Waals surface area contributed by atoms with Gasteiger partial charge in [0, 0.05) is 55.8 Å². The number of carboxylic acid groups (broad SMARTS) is 1. The quantitative estimate of drug-likeness (QED) is 0.103. The number of aliphatic carboxylic acids is 1. The van der Waals surface area contributed by atoms with Crippen LogP contribution in [0.5, 0.6) is 17.2 Å². The number of β-amino-alcohol motifs (C(OH)–C–C–N with tert-alkyl or cyclic N) is 1. The van der Waals surface area contributed by atoms with E-state index in [0.717, 1.165) is 71.6 Å². The smallest absolute Gasteiger partial charge is 0.326 e. The number of nitrogens with zero attached hydrogens (tertiary/aromatic N) is 3. The standard InChI is InChI=1S/C41H48N4O7/c1-27-16-34(18-39(37(27)22-44-41(4,26-46)40(48)49)52-24-31-17-30(19-42)20-43-21-31)51-25-32-8-5-9-35(28(32)2)36-10-6-11-38(29(36)3)50-15-7-13-45-14-12-33(47)23-45/h5-6,8-11,16-18,20-21,33,44,46-47H,7,12-15,22-26H2,1-4H3,(H,48,49)/t33-,41+/m1/s1. The Morgan fingerprint density at radius 1 is 1.02 bits per heavy atom. The van der Waals surface area contributed by atoms with Gasteiger partial charge in [0.2, 0.25) is 0 Å². The van der Waals surface area contributed by atoms with Gasteiger partial charge in [0.05, 0.1) is 24.9 Å². The minimum absolute atomic E-state index is 0.118. The molecule has 0 spiro atoms. The lowest BCUT2D eigenvalue weighted by molar-refractivity contribution is -0.145. The van der Waals surface area contributed by atoms with Gasteiger partial charge in [-0.05, 0) is 92.1 Å². The van der Waals surface area contributed by atoms with Crippen molar-refractivity contribution < 1.29 is 34.3 Å². The molecule has 1 fully saturated rings. The first-order valence-corrected chi connectivity index (χ1v) is 17.6. The highest BCUT2D eigenvalue weighted by molar-refractivity contribution is 5.78. The molecule has 2 atom stereocenters. The molecular weight excluding hydrogens is 660 g/mol. The van der Waals surface area contributed by atoms with Gasteiger partial charge in [-0.25, -0.2) is 0 Å². The van der Waals surface area contributed by atoms with Crippen LogP contribution in [0.15, 0.2) is 67.0 Å². The number of nitriles is 1. The molecule has 3 aromatic carbocycles. The van der Waals surface area contributed by atoms with Crippen LogP contribution in [0, 0.1) is 32.1 Å². The summed E-state index contributed by atoms with van der Waals surface area (Å²) >= 11 is 0. The Kier molecular flexibility index (Phi) is 12.9. The molecule has 0 aliphatic carbocycles. The van der Waals surface area contributed by atoms with Crippen molar-refractivity contribution in [3.63, 3.8) is 0 Å². The molecule has 11 heteroatoms. The Bertz CT molecular complexity index is 1910. The number of nitrogens with one attached hydrogen (secondary N) is 1. The van der Waals surface area contributed by atoms with E-state index in [1.165, 1.54) is 13.1 Å². The van der Waals surface area contributed by atoms with Crippen LogP contribution in [0.4, 0.5) is 0 Å². The predicted octanol–water partition coefficient (Wildman–Crippen LogP) is 5.46.